The van der Waals surface area contributed by atoms with Crippen LogP contribution in [0.15, 0.2) is 182 Å². The molecule has 0 amide bonds. The van der Waals surface area contributed by atoms with Gasteiger partial charge in [-0.2, -0.15) is 0 Å². The fraction of sp³-hybridized carbons (Fsp3) is 0.0741. The van der Waals surface area contributed by atoms with Crippen molar-refractivity contribution in [1.29, 1.82) is 0 Å². The third kappa shape index (κ3) is 5.91. The van der Waals surface area contributed by atoms with Crippen LogP contribution in [0.2, 0.25) is 0 Å². The summed E-state index contributed by atoms with van der Waals surface area (Å²) in [6, 6.07) is 67.9. The Kier molecular flexibility index (Phi) is 8.53. The molecule has 0 heteroatoms. The van der Waals surface area contributed by atoms with Gasteiger partial charge in [0.05, 0.1) is 0 Å². The first-order valence-corrected chi connectivity index (χ1v) is 18.9. The zero-order valence-electron chi connectivity index (χ0n) is 31.3. The number of benzene rings is 9. The lowest BCUT2D eigenvalue weighted by molar-refractivity contribution is 1.46. The zero-order chi connectivity index (χ0) is 36.8. The first-order valence-electron chi connectivity index (χ1n) is 18.9. The lowest BCUT2D eigenvalue weighted by atomic mass is 9.76. The summed E-state index contributed by atoms with van der Waals surface area (Å²) in [7, 11) is 0. The van der Waals surface area contributed by atoms with Gasteiger partial charge in [0.25, 0.3) is 0 Å². The van der Waals surface area contributed by atoms with Crippen molar-refractivity contribution in [3.8, 4) is 66.8 Å². The summed E-state index contributed by atoms with van der Waals surface area (Å²) >= 11 is 0. The molecule has 0 nitrogen and oxygen atoms in total. The van der Waals surface area contributed by atoms with Crippen molar-refractivity contribution in [2.24, 2.45) is 0 Å². The second-order valence-electron chi connectivity index (χ2n) is 14.8. The minimum Gasteiger partial charge on any atom is -0.0622 e. The van der Waals surface area contributed by atoms with E-state index in [4.69, 9.17) is 0 Å². The lowest BCUT2D eigenvalue weighted by Gasteiger charge is -2.26. The molecule has 0 heterocycles. The smallest absolute Gasteiger partial charge is 0.000763 e. The average molecular weight is 691 g/mol. The maximum atomic E-state index is 2.37. The van der Waals surface area contributed by atoms with Crippen molar-refractivity contribution in [2.75, 3.05) is 0 Å². The van der Waals surface area contributed by atoms with E-state index in [1.807, 2.05) is 0 Å². The van der Waals surface area contributed by atoms with Crippen LogP contribution in [0, 0.1) is 27.7 Å². The first kappa shape index (κ1) is 33.3. The van der Waals surface area contributed by atoms with Crippen LogP contribution in [0.25, 0.3) is 88.3 Å². The van der Waals surface area contributed by atoms with Crippen LogP contribution in [-0.4, -0.2) is 0 Å². The number of aryl methyl sites for hydroxylation is 4. The van der Waals surface area contributed by atoms with Crippen LogP contribution in [0.1, 0.15) is 22.3 Å². The summed E-state index contributed by atoms with van der Waals surface area (Å²) in [5.74, 6) is 0. The van der Waals surface area contributed by atoms with Gasteiger partial charge in [0, 0.05) is 0 Å². The monoisotopic (exact) mass is 690 g/mol. The van der Waals surface area contributed by atoms with Gasteiger partial charge in [-0.1, -0.05) is 204 Å². The van der Waals surface area contributed by atoms with Crippen molar-refractivity contribution in [3.05, 3.63) is 204 Å². The molecule has 0 saturated heterocycles. The third-order valence-electron chi connectivity index (χ3n) is 11.0. The Bertz CT molecular complexity index is 2420. The second-order valence-corrected chi connectivity index (χ2v) is 14.8. The van der Waals surface area contributed by atoms with Crippen LogP contribution in [0.3, 0.4) is 0 Å². The summed E-state index contributed by atoms with van der Waals surface area (Å²) in [5, 5.41) is 5.07. The maximum absolute atomic E-state index is 2.37. The number of hydrogen-bond donors (Lipinski definition) is 0. The Labute approximate surface area is 319 Å². The molecule has 0 N–H and O–H groups in total. The molecule has 0 bridgehead atoms. The highest BCUT2D eigenvalue weighted by Crippen LogP contribution is 2.54. The van der Waals surface area contributed by atoms with Gasteiger partial charge in [0.15, 0.2) is 0 Å². The minimum absolute atomic E-state index is 1.20. The molecule has 0 saturated carbocycles. The predicted octanol–water partition coefficient (Wildman–Crippen LogP) is 15.2. The van der Waals surface area contributed by atoms with Gasteiger partial charge in [-0.15, -0.1) is 0 Å². The molecule has 0 atom stereocenters. The van der Waals surface area contributed by atoms with E-state index in [0.29, 0.717) is 0 Å². The normalized spacial score (nSPS) is 11.3. The molecule has 9 aromatic rings. The zero-order valence-corrected chi connectivity index (χ0v) is 31.3. The van der Waals surface area contributed by atoms with Gasteiger partial charge in [-0.05, 0) is 116 Å². The highest BCUT2D eigenvalue weighted by Gasteiger charge is 2.26. The molecule has 0 spiro atoms. The van der Waals surface area contributed by atoms with Crippen LogP contribution < -0.4 is 0 Å². The van der Waals surface area contributed by atoms with E-state index in [1.165, 1.54) is 111 Å². The van der Waals surface area contributed by atoms with E-state index in [0.717, 1.165) is 0 Å². The lowest BCUT2D eigenvalue weighted by Crippen LogP contribution is -1.99. The molecule has 258 valence electrons. The Morgan fingerprint density at radius 2 is 0.426 bits per heavy atom. The Hall–Kier alpha value is -6.50. The standard InChI is InChI=1S/C54H42/c1-35-15-23-39(24-16-35)45-31-32-46(40-25-17-36(2)18-26-40)52-50(44-13-9-6-10-14-44)54-48(42-29-21-38(4)22-30-42)34-33-47(41-27-19-37(3)20-28-41)53(54)49(51(45)52)43-11-7-5-8-12-43/h5-34H,1-4H3. The molecule has 0 unspecified atom stereocenters. The van der Waals surface area contributed by atoms with Crippen molar-refractivity contribution in [2.45, 2.75) is 27.7 Å². The Morgan fingerprint density at radius 1 is 0.204 bits per heavy atom. The van der Waals surface area contributed by atoms with E-state index in [-0.39, 0.29) is 0 Å². The summed E-state index contributed by atoms with van der Waals surface area (Å²) in [5.41, 5.74) is 19.7. The molecule has 0 aliphatic heterocycles. The largest absolute Gasteiger partial charge is 0.0622 e. The van der Waals surface area contributed by atoms with Crippen LogP contribution in [-0.2, 0) is 0 Å². The fourth-order valence-electron chi connectivity index (χ4n) is 8.18. The van der Waals surface area contributed by atoms with Gasteiger partial charge in [0.2, 0.25) is 0 Å². The first-order chi connectivity index (χ1) is 26.4. The highest BCUT2D eigenvalue weighted by molar-refractivity contribution is 6.32. The highest BCUT2D eigenvalue weighted by atomic mass is 14.3. The molecule has 9 aromatic carbocycles. The van der Waals surface area contributed by atoms with Gasteiger partial charge < -0.3 is 0 Å². The van der Waals surface area contributed by atoms with Crippen LogP contribution in [0.4, 0.5) is 0 Å². The molecule has 0 aliphatic rings. The second kappa shape index (κ2) is 13.8. The van der Waals surface area contributed by atoms with E-state index in [2.05, 4.69) is 210 Å². The van der Waals surface area contributed by atoms with Gasteiger partial charge in [-0.25, -0.2) is 0 Å². The molecule has 0 aromatic heterocycles. The predicted molar refractivity (Wildman–Crippen MR) is 233 cm³/mol. The quantitative estimate of drug-likeness (QED) is 0.152. The topological polar surface area (TPSA) is 0 Å². The van der Waals surface area contributed by atoms with Crippen LogP contribution >= 0.6 is 0 Å². The molecule has 0 radical (unpaired) electrons. The molecular weight excluding hydrogens is 649 g/mol. The minimum atomic E-state index is 1.20. The molecule has 0 fully saturated rings. The van der Waals surface area contributed by atoms with Crippen LogP contribution in [0.5, 0.6) is 0 Å². The average Bonchev–Trinajstić information content (AvgIpc) is 3.21. The summed E-state index contributed by atoms with van der Waals surface area (Å²) < 4.78 is 0. The van der Waals surface area contributed by atoms with E-state index in [9.17, 15) is 0 Å². The molecule has 54 heavy (non-hydrogen) atoms. The molecule has 0 aliphatic carbocycles. The molecular formula is C54H42. The van der Waals surface area contributed by atoms with Crippen molar-refractivity contribution < 1.29 is 0 Å². The third-order valence-corrected chi connectivity index (χ3v) is 11.0. The van der Waals surface area contributed by atoms with Crippen molar-refractivity contribution in [1.82, 2.24) is 0 Å². The van der Waals surface area contributed by atoms with Gasteiger partial charge in [-0.3, -0.25) is 0 Å². The van der Waals surface area contributed by atoms with Gasteiger partial charge in [0.1, 0.15) is 0 Å². The number of hydrogen-bond acceptors (Lipinski definition) is 0. The van der Waals surface area contributed by atoms with E-state index in [1.54, 1.807) is 0 Å². The van der Waals surface area contributed by atoms with E-state index < -0.39 is 0 Å². The van der Waals surface area contributed by atoms with Gasteiger partial charge >= 0.3 is 0 Å². The maximum Gasteiger partial charge on any atom is -0.000763 e. The van der Waals surface area contributed by atoms with Crippen molar-refractivity contribution in [3.63, 3.8) is 0 Å². The Morgan fingerprint density at radius 3 is 0.648 bits per heavy atom. The number of fused-ring (bicyclic) bond motifs is 2. The van der Waals surface area contributed by atoms with Crippen molar-refractivity contribution >= 4 is 21.5 Å². The SMILES string of the molecule is Cc1ccc(-c2ccc(-c3ccc(C)cc3)c3c(-c4ccccc4)c4c(-c5ccc(C)cc5)ccc(-c5ccc(C)cc5)c4c(-c4ccccc4)c23)cc1. The fourth-order valence-corrected chi connectivity index (χ4v) is 8.18. The summed E-state index contributed by atoms with van der Waals surface area (Å²) in [4.78, 5) is 0. The number of rotatable bonds is 6. The molecule has 9 rings (SSSR count). The van der Waals surface area contributed by atoms with E-state index >= 15 is 0 Å². The summed E-state index contributed by atoms with van der Waals surface area (Å²) in [6.45, 7) is 8.66. The Balaban J connectivity index is 1.63. The summed E-state index contributed by atoms with van der Waals surface area (Å²) in [6.07, 6.45) is 0.